The van der Waals surface area contributed by atoms with Crippen molar-refractivity contribution in [2.75, 3.05) is 18.4 Å². The summed E-state index contributed by atoms with van der Waals surface area (Å²) >= 11 is 0. The first-order valence-electron chi connectivity index (χ1n) is 6.94. The molecule has 0 aromatic heterocycles. The van der Waals surface area contributed by atoms with E-state index in [0.29, 0.717) is 13.1 Å². The summed E-state index contributed by atoms with van der Waals surface area (Å²) < 4.78 is 13.4. The van der Waals surface area contributed by atoms with Gasteiger partial charge in [0.05, 0.1) is 12.1 Å². The molecule has 2 N–H and O–H groups in total. The highest BCUT2D eigenvalue weighted by Crippen LogP contribution is 2.13. The van der Waals surface area contributed by atoms with Gasteiger partial charge in [-0.15, -0.1) is 0 Å². The minimum Gasteiger partial charge on any atom is -0.481 e. The van der Waals surface area contributed by atoms with E-state index in [1.165, 1.54) is 12.1 Å². The molecular weight excluding hydrogens is 275 g/mol. The van der Waals surface area contributed by atoms with E-state index < -0.39 is 11.8 Å². The lowest BCUT2D eigenvalue weighted by atomic mass is 10.2. The molecule has 0 radical (unpaired) electrons. The van der Waals surface area contributed by atoms with Gasteiger partial charge in [0.2, 0.25) is 5.91 Å². The van der Waals surface area contributed by atoms with Crippen LogP contribution in [0.3, 0.4) is 0 Å². The Morgan fingerprint density at radius 1 is 1.38 bits per heavy atom. The number of hydrogen-bond donors (Lipinski definition) is 2. The van der Waals surface area contributed by atoms with Crippen LogP contribution in [-0.2, 0) is 9.59 Å². The fourth-order valence-electron chi connectivity index (χ4n) is 2.09. The van der Waals surface area contributed by atoms with Gasteiger partial charge in [-0.05, 0) is 25.6 Å². The average Bonchev–Trinajstić information content (AvgIpc) is 2.41. The summed E-state index contributed by atoms with van der Waals surface area (Å²) in [5, 5.41) is 11.3. The predicted molar refractivity (Wildman–Crippen MR) is 78.6 cm³/mol. The van der Waals surface area contributed by atoms with Crippen LogP contribution < -0.4 is 5.32 Å². The maximum Gasteiger partial charge on any atom is 0.304 e. The lowest BCUT2D eigenvalue weighted by molar-refractivity contribution is -0.138. The largest absolute Gasteiger partial charge is 0.481 e. The van der Waals surface area contributed by atoms with Crippen LogP contribution in [0.25, 0.3) is 0 Å². The number of hydrogen-bond acceptors (Lipinski definition) is 3. The molecule has 6 heteroatoms. The van der Waals surface area contributed by atoms with Crippen molar-refractivity contribution < 1.29 is 19.1 Å². The Hall–Kier alpha value is -1.95. The molecule has 0 saturated heterocycles. The summed E-state index contributed by atoms with van der Waals surface area (Å²) in [6.45, 7) is 4.81. The molecule has 0 fully saturated rings. The molecule has 0 bridgehead atoms. The number of rotatable bonds is 8. The Bertz CT molecular complexity index is 494. The number of nitrogens with one attached hydrogen (secondary N) is 1. The molecule has 1 aromatic rings. The molecule has 0 aliphatic carbocycles. The molecule has 5 nitrogen and oxygen atoms in total. The predicted octanol–water partition coefficient (Wildman–Crippen LogP) is 2.34. The van der Waals surface area contributed by atoms with Crippen molar-refractivity contribution in [2.24, 2.45) is 0 Å². The Labute approximate surface area is 123 Å². The molecule has 1 amide bonds. The summed E-state index contributed by atoms with van der Waals surface area (Å²) in [5.74, 6) is -1.63. The smallest absolute Gasteiger partial charge is 0.304 e. The van der Waals surface area contributed by atoms with Gasteiger partial charge in [-0.2, -0.15) is 0 Å². The van der Waals surface area contributed by atoms with E-state index in [9.17, 15) is 14.0 Å². The van der Waals surface area contributed by atoms with E-state index in [2.05, 4.69) is 5.32 Å². The zero-order valence-electron chi connectivity index (χ0n) is 12.3. The van der Waals surface area contributed by atoms with Gasteiger partial charge in [-0.1, -0.05) is 19.1 Å². The van der Waals surface area contributed by atoms with Crippen LogP contribution in [0, 0.1) is 5.82 Å². The minimum absolute atomic E-state index is 0.0305. The second-order valence-corrected chi connectivity index (χ2v) is 4.85. The summed E-state index contributed by atoms with van der Waals surface area (Å²) in [7, 11) is 0. The average molecular weight is 296 g/mol. The number of anilines is 1. The number of nitrogens with zero attached hydrogens (tertiary/aromatic N) is 1. The molecule has 0 aliphatic heterocycles. The van der Waals surface area contributed by atoms with Crippen molar-refractivity contribution in [1.82, 2.24) is 4.90 Å². The number of amides is 1. The monoisotopic (exact) mass is 296 g/mol. The lowest BCUT2D eigenvalue weighted by Crippen LogP contribution is -2.36. The first-order chi connectivity index (χ1) is 9.93. The van der Waals surface area contributed by atoms with Gasteiger partial charge < -0.3 is 10.4 Å². The number of aliphatic carboxylic acids is 1. The number of carbonyl (C=O) groups is 2. The van der Waals surface area contributed by atoms with Crippen molar-refractivity contribution in [3.8, 4) is 0 Å². The van der Waals surface area contributed by atoms with Crippen LogP contribution in [0.15, 0.2) is 24.3 Å². The summed E-state index contributed by atoms with van der Waals surface area (Å²) in [6, 6.07) is 5.83. The molecule has 21 heavy (non-hydrogen) atoms. The van der Waals surface area contributed by atoms with E-state index in [0.717, 1.165) is 0 Å². The summed E-state index contributed by atoms with van der Waals surface area (Å²) in [4.78, 5) is 24.4. The fourth-order valence-corrected chi connectivity index (χ4v) is 2.09. The zero-order chi connectivity index (χ0) is 15.8. The summed E-state index contributed by atoms with van der Waals surface area (Å²) in [6.07, 6.45) is 0.217. The van der Waals surface area contributed by atoms with Crippen molar-refractivity contribution in [3.05, 3.63) is 30.1 Å². The number of benzene rings is 1. The third-order valence-corrected chi connectivity index (χ3v) is 3.27. The number of halogens is 1. The maximum atomic E-state index is 13.4. The Morgan fingerprint density at radius 2 is 2.05 bits per heavy atom. The van der Waals surface area contributed by atoms with Gasteiger partial charge >= 0.3 is 5.97 Å². The van der Waals surface area contributed by atoms with E-state index in [-0.39, 0.29) is 30.5 Å². The molecule has 1 atom stereocenters. The van der Waals surface area contributed by atoms with Crippen LogP contribution in [0.1, 0.15) is 26.7 Å². The second-order valence-electron chi connectivity index (χ2n) is 4.85. The SMILES string of the molecule is CCN(CCC(=O)Nc1ccccc1F)C(C)CC(=O)O. The highest BCUT2D eigenvalue weighted by molar-refractivity contribution is 5.90. The lowest BCUT2D eigenvalue weighted by Gasteiger charge is -2.26. The molecule has 116 valence electrons. The van der Waals surface area contributed by atoms with Crippen LogP contribution in [0.2, 0.25) is 0 Å². The normalized spacial score (nSPS) is 12.2. The van der Waals surface area contributed by atoms with Crippen LogP contribution in [0.4, 0.5) is 10.1 Å². The molecule has 0 aliphatic rings. The third-order valence-electron chi connectivity index (χ3n) is 3.27. The fraction of sp³-hybridized carbons (Fsp3) is 0.467. The Kier molecular flexibility index (Phi) is 6.81. The third kappa shape index (κ3) is 5.91. The number of carboxylic acid groups (broad SMARTS) is 1. The molecule has 0 saturated carbocycles. The van der Waals surface area contributed by atoms with E-state index in [1.54, 1.807) is 12.1 Å². The molecule has 0 heterocycles. The van der Waals surface area contributed by atoms with E-state index >= 15 is 0 Å². The number of para-hydroxylation sites is 1. The van der Waals surface area contributed by atoms with E-state index in [4.69, 9.17) is 5.11 Å². The standard InChI is InChI=1S/C15H21FN2O3/c1-3-18(11(2)10-15(20)21)9-8-14(19)17-13-7-5-4-6-12(13)16/h4-7,11H,3,8-10H2,1-2H3,(H,17,19)(H,20,21). The number of carbonyl (C=O) groups excluding carboxylic acids is 1. The second kappa shape index (κ2) is 8.36. The van der Waals surface area contributed by atoms with Gasteiger partial charge in [0, 0.05) is 19.0 Å². The number of carboxylic acids is 1. The van der Waals surface area contributed by atoms with Crippen molar-refractivity contribution >= 4 is 17.6 Å². The zero-order valence-corrected chi connectivity index (χ0v) is 12.3. The quantitative estimate of drug-likeness (QED) is 0.772. The Morgan fingerprint density at radius 3 is 2.62 bits per heavy atom. The van der Waals surface area contributed by atoms with Gasteiger partial charge in [0.15, 0.2) is 0 Å². The van der Waals surface area contributed by atoms with Crippen molar-refractivity contribution in [1.29, 1.82) is 0 Å². The molecule has 1 unspecified atom stereocenters. The van der Waals surface area contributed by atoms with Gasteiger partial charge in [-0.3, -0.25) is 14.5 Å². The summed E-state index contributed by atoms with van der Waals surface area (Å²) in [5.41, 5.74) is 0.157. The van der Waals surface area contributed by atoms with Crippen molar-refractivity contribution in [3.63, 3.8) is 0 Å². The van der Waals surface area contributed by atoms with E-state index in [1.807, 2.05) is 18.7 Å². The molecule has 1 aromatic carbocycles. The van der Waals surface area contributed by atoms with Crippen LogP contribution in [0.5, 0.6) is 0 Å². The Balaban J connectivity index is 2.47. The minimum atomic E-state index is -0.864. The highest BCUT2D eigenvalue weighted by Gasteiger charge is 2.16. The first kappa shape index (κ1) is 17.1. The van der Waals surface area contributed by atoms with Gasteiger partial charge in [-0.25, -0.2) is 4.39 Å². The molecule has 1 rings (SSSR count). The van der Waals surface area contributed by atoms with Crippen molar-refractivity contribution in [2.45, 2.75) is 32.7 Å². The van der Waals surface area contributed by atoms with Crippen LogP contribution >= 0.6 is 0 Å². The first-order valence-corrected chi connectivity index (χ1v) is 6.94. The molecule has 0 spiro atoms. The topological polar surface area (TPSA) is 69.6 Å². The van der Waals surface area contributed by atoms with Gasteiger partial charge in [0.1, 0.15) is 5.82 Å². The van der Waals surface area contributed by atoms with Crippen LogP contribution in [-0.4, -0.2) is 41.0 Å². The maximum absolute atomic E-state index is 13.4. The van der Waals surface area contributed by atoms with Gasteiger partial charge in [0.25, 0.3) is 0 Å². The molecular formula is C15H21FN2O3. The highest BCUT2D eigenvalue weighted by atomic mass is 19.1.